The first-order valence-electron chi connectivity index (χ1n) is 5.42. The molecule has 0 bridgehead atoms. The molecule has 0 fully saturated rings. The average molecular weight is 261 g/mol. The fourth-order valence-electron chi connectivity index (χ4n) is 1.70. The highest BCUT2D eigenvalue weighted by molar-refractivity contribution is 7.90. The molecule has 17 heavy (non-hydrogen) atoms. The molecule has 1 heterocycles. The third-order valence-corrected chi connectivity index (χ3v) is 3.30. The van der Waals surface area contributed by atoms with Crippen LogP contribution in [0, 0.1) is 0 Å². The molecule has 0 saturated carbocycles. The molecule has 0 aromatic carbocycles. The Hall–Kier alpha value is -1.08. The maximum atomic E-state index is 11.3. The molecule has 0 aliphatic heterocycles. The molecule has 7 heteroatoms. The number of ether oxygens (including phenoxy) is 1. The smallest absolute Gasteiger partial charge is 0.161 e. The molecule has 2 N–H and O–H groups in total. The molecule has 0 amide bonds. The van der Waals surface area contributed by atoms with Gasteiger partial charge in [0.1, 0.15) is 9.84 Å². The monoisotopic (exact) mass is 261 g/mol. The molecule has 1 atom stereocenters. The largest absolute Gasteiger partial charge is 0.493 e. The van der Waals surface area contributed by atoms with Gasteiger partial charge in [-0.2, -0.15) is 5.10 Å². The highest BCUT2D eigenvalue weighted by Gasteiger charge is 2.21. The van der Waals surface area contributed by atoms with E-state index in [4.69, 9.17) is 10.5 Å². The Balaban J connectivity index is 3.04. The summed E-state index contributed by atoms with van der Waals surface area (Å²) in [6.07, 6.45) is 3.62. The Labute approximate surface area is 102 Å². The van der Waals surface area contributed by atoms with Gasteiger partial charge in [-0.25, -0.2) is 8.42 Å². The van der Waals surface area contributed by atoms with Crippen LogP contribution < -0.4 is 10.5 Å². The number of sulfone groups is 1. The first kappa shape index (κ1) is 14.0. The molecule has 0 aliphatic rings. The van der Waals surface area contributed by atoms with Crippen LogP contribution in [-0.4, -0.2) is 37.3 Å². The van der Waals surface area contributed by atoms with Gasteiger partial charge in [-0.3, -0.25) is 4.68 Å². The van der Waals surface area contributed by atoms with Gasteiger partial charge in [-0.05, 0) is 6.42 Å². The van der Waals surface area contributed by atoms with Crippen LogP contribution in [0.2, 0.25) is 0 Å². The lowest BCUT2D eigenvalue weighted by Crippen LogP contribution is -2.24. The second-order valence-corrected chi connectivity index (χ2v) is 6.21. The molecular weight excluding hydrogens is 242 g/mol. The lowest BCUT2D eigenvalue weighted by molar-refractivity contribution is 0.402. The number of aromatic nitrogens is 2. The van der Waals surface area contributed by atoms with Crippen molar-refractivity contribution in [2.24, 2.45) is 5.73 Å². The number of hydrogen-bond acceptors (Lipinski definition) is 5. The van der Waals surface area contributed by atoms with Crippen LogP contribution in [0.5, 0.6) is 5.75 Å². The van der Waals surface area contributed by atoms with Crippen molar-refractivity contribution in [2.45, 2.75) is 25.9 Å². The molecule has 1 aromatic heterocycles. The van der Waals surface area contributed by atoms with Gasteiger partial charge in [0.15, 0.2) is 5.75 Å². The topological polar surface area (TPSA) is 87.2 Å². The standard InChI is InChI=1S/C10H19N3O3S/c1-4-5-13-10(9(16-2)6-12-13)8(11)7-17(3,14)15/h6,8H,4-5,7,11H2,1-3H3. The fourth-order valence-corrected chi connectivity index (χ4v) is 2.51. The summed E-state index contributed by atoms with van der Waals surface area (Å²) in [5, 5.41) is 4.14. The average Bonchev–Trinajstić information content (AvgIpc) is 2.58. The summed E-state index contributed by atoms with van der Waals surface area (Å²) in [7, 11) is -1.61. The molecule has 0 spiro atoms. The third-order valence-electron chi connectivity index (χ3n) is 2.33. The molecule has 1 unspecified atom stereocenters. The van der Waals surface area contributed by atoms with Crippen LogP contribution in [-0.2, 0) is 16.4 Å². The lowest BCUT2D eigenvalue weighted by Gasteiger charge is -2.14. The number of nitrogens with two attached hydrogens (primary N) is 1. The van der Waals surface area contributed by atoms with E-state index in [1.54, 1.807) is 10.9 Å². The Bertz CT molecular complexity index is 467. The van der Waals surface area contributed by atoms with Crippen molar-refractivity contribution < 1.29 is 13.2 Å². The molecule has 1 rings (SSSR count). The summed E-state index contributed by atoms with van der Waals surface area (Å²) in [6.45, 7) is 2.70. The van der Waals surface area contributed by atoms with Gasteiger partial charge < -0.3 is 10.5 Å². The minimum atomic E-state index is -3.13. The first-order chi connectivity index (χ1) is 7.89. The van der Waals surface area contributed by atoms with Gasteiger partial charge in [-0.1, -0.05) is 6.92 Å². The molecule has 0 aliphatic carbocycles. The predicted octanol–water partition coefficient (Wildman–Crippen LogP) is 0.346. The van der Waals surface area contributed by atoms with Crippen molar-refractivity contribution in [3.05, 3.63) is 11.9 Å². The lowest BCUT2D eigenvalue weighted by atomic mass is 10.2. The van der Waals surface area contributed by atoms with Gasteiger partial charge >= 0.3 is 0 Å². The summed E-state index contributed by atoms with van der Waals surface area (Å²) in [4.78, 5) is 0. The molecule has 1 aromatic rings. The van der Waals surface area contributed by atoms with Crippen LogP contribution in [0.3, 0.4) is 0 Å². The quantitative estimate of drug-likeness (QED) is 0.798. The Morgan fingerprint density at radius 3 is 2.71 bits per heavy atom. The zero-order chi connectivity index (χ0) is 13.1. The van der Waals surface area contributed by atoms with E-state index in [0.717, 1.165) is 6.42 Å². The Morgan fingerprint density at radius 1 is 1.59 bits per heavy atom. The van der Waals surface area contributed by atoms with Gasteiger partial charge in [0.25, 0.3) is 0 Å². The van der Waals surface area contributed by atoms with Crippen molar-refractivity contribution in [3.8, 4) is 5.75 Å². The molecular formula is C10H19N3O3S. The van der Waals surface area contributed by atoms with Crippen molar-refractivity contribution in [3.63, 3.8) is 0 Å². The van der Waals surface area contributed by atoms with Crippen LogP contribution in [0.25, 0.3) is 0 Å². The zero-order valence-electron chi connectivity index (χ0n) is 10.4. The number of rotatable bonds is 6. The van der Waals surface area contributed by atoms with Gasteiger partial charge in [0, 0.05) is 12.8 Å². The number of aryl methyl sites for hydroxylation is 1. The molecule has 0 radical (unpaired) electrons. The van der Waals surface area contributed by atoms with Gasteiger partial charge in [0.05, 0.1) is 30.8 Å². The highest BCUT2D eigenvalue weighted by atomic mass is 32.2. The van der Waals surface area contributed by atoms with Crippen LogP contribution in [0.4, 0.5) is 0 Å². The molecule has 0 saturated heterocycles. The number of hydrogen-bond donors (Lipinski definition) is 1. The summed E-state index contributed by atoms with van der Waals surface area (Å²) >= 11 is 0. The van der Waals surface area contributed by atoms with E-state index in [9.17, 15) is 8.42 Å². The van der Waals surface area contributed by atoms with Crippen LogP contribution >= 0.6 is 0 Å². The highest BCUT2D eigenvalue weighted by Crippen LogP contribution is 2.24. The van der Waals surface area contributed by atoms with Gasteiger partial charge in [-0.15, -0.1) is 0 Å². The fraction of sp³-hybridized carbons (Fsp3) is 0.700. The van der Waals surface area contributed by atoms with E-state index in [1.807, 2.05) is 6.92 Å². The van der Waals surface area contributed by atoms with Crippen molar-refractivity contribution in [1.29, 1.82) is 0 Å². The van der Waals surface area contributed by atoms with E-state index in [-0.39, 0.29) is 5.75 Å². The summed E-state index contributed by atoms with van der Waals surface area (Å²) in [6, 6.07) is -0.617. The second kappa shape index (κ2) is 5.50. The van der Waals surface area contributed by atoms with E-state index in [1.165, 1.54) is 13.4 Å². The van der Waals surface area contributed by atoms with E-state index in [0.29, 0.717) is 18.0 Å². The van der Waals surface area contributed by atoms with Crippen LogP contribution in [0.1, 0.15) is 25.1 Å². The molecule has 6 nitrogen and oxygen atoms in total. The van der Waals surface area contributed by atoms with Crippen LogP contribution in [0.15, 0.2) is 6.20 Å². The zero-order valence-corrected chi connectivity index (χ0v) is 11.2. The minimum absolute atomic E-state index is 0.112. The Morgan fingerprint density at radius 2 is 2.24 bits per heavy atom. The van der Waals surface area contributed by atoms with E-state index < -0.39 is 15.9 Å². The predicted molar refractivity (Wildman–Crippen MR) is 65.7 cm³/mol. The first-order valence-corrected chi connectivity index (χ1v) is 7.48. The summed E-state index contributed by atoms with van der Waals surface area (Å²) < 4.78 is 29.4. The number of nitrogens with zero attached hydrogens (tertiary/aromatic N) is 2. The molecule has 98 valence electrons. The second-order valence-electron chi connectivity index (χ2n) is 4.02. The Kier molecular flexibility index (Phi) is 4.53. The van der Waals surface area contributed by atoms with E-state index in [2.05, 4.69) is 5.10 Å². The van der Waals surface area contributed by atoms with Gasteiger partial charge in [0.2, 0.25) is 0 Å². The number of methoxy groups -OCH3 is 1. The van der Waals surface area contributed by atoms with Crippen molar-refractivity contribution in [1.82, 2.24) is 9.78 Å². The summed E-state index contributed by atoms with van der Waals surface area (Å²) in [5.74, 6) is 0.424. The van der Waals surface area contributed by atoms with Crippen molar-refractivity contribution >= 4 is 9.84 Å². The van der Waals surface area contributed by atoms with E-state index >= 15 is 0 Å². The minimum Gasteiger partial charge on any atom is -0.493 e. The maximum Gasteiger partial charge on any atom is 0.161 e. The third kappa shape index (κ3) is 3.71. The normalized spacial score (nSPS) is 13.6. The maximum absolute atomic E-state index is 11.3. The van der Waals surface area contributed by atoms with Crippen molar-refractivity contribution in [2.75, 3.05) is 19.1 Å². The summed E-state index contributed by atoms with van der Waals surface area (Å²) in [5.41, 5.74) is 6.55. The SMILES string of the molecule is CCCn1ncc(OC)c1C(N)CS(C)(=O)=O.